The Hall–Kier alpha value is -0.670. The van der Waals surface area contributed by atoms with Gasteiger partial charge in [-0.05, 0) is 87.4 Å². The van der Waals surface area contributed by atoms with Gasteiger partial charge < -0.3 is 9.47 Å². The summed E-state index contributed by atoms with van der Waals surface area (Å²) in [5.74, 6) is 2.68. The van der Waals surface area contributed by atoms with Crippen molar-refractivity contribution in [3.8, 4) is 0 Å². The summed E-state index contributed by atoms with van der Waals surface area (Å²) >= 11 is 0. The van der Waals surface area contributed by atoms with Crippen LogP contribution in [0.15, 0.2) is 11.6 Å². The standard InChI is InChI=1S/C24H36O3/c1-23-12-10-17(27-22-5-3-4-14-26-22)15-16(23)6-7-18-19-8-9-21(25)24(19,2)13-11-20(18)23/h6,17-20,22H,3-5,7-15H2,1-2H3/t17-,18-,19+,20-,22-,23+,24+/m1/s1. The van der Waals surface area contributed by atoms with Crippen LogP contribution in [0.3, 0.4) is 0 Å². The van der Waals surface area contributed by atoms with Crippen LogP contribution in [-0.4, -0.2) is 24.8 Å². The quantitative estimate of drug-likeness (QED) is 0.606. The van der Waals surface area contributed by atoms with Crippen molar-refractivity contribution in [1.29, 1.82) is 0 Å². The van der Waals surface area contributed by atoms with E-state index in [1.165, 1.54) is 32.1 Å². The number of fused-ring (bicyclic) bond motifs is 5. The molecule has 150 valence electrons. The van der Waals surface area contributed by atoms with Gasteiger partial charge in [0.25, 0.3) is 0 Å². The number of ether oxygens (including phenoxy) is 2. The van der Waals surface area contributed by atoms with Crippen molar-refractivity contribution in [3.05, 3.63) is 11.6 Å². The minimum Gasteiger partial charge on any atom is -0.353 e. The maximum Gasteiger partial charge on any atom is 0.157 e. The lowest BCUT2D eigenvalue weighted by Gasteiger charge is -2.57. The lowest BCUT2D eigenvalue weighted by Crippen LogP contribution is -2.50. The van der Waals surface area contributed by atoms with Gasteiger partial charge in [-0.2, -0.15) is 0 Å². The van der Waals surface area contributed by atoms with Crippen LogP contribution in [0.25, 0.3) is 0 Å². The third-order valence-corrected chi connectivity index (χ3v) is 9.25. The van der Waals surface area contributed by atoms with Crippen molar-refractivity contribution in [2.45, 2.75) is 96.9 Å². The zero-order chi connectivity index (χ0) is 18.6. The molecule has 27 heavy (non-hydrogen) atoms. The summed E-state index contributed by atoms with van der Waals surface area (Å²) in [5.41, 5.74) is 1.98. The van der Waals surface area contributed by atoms with Crippen LogP contribution in [0.5, 0.6) is 0 Å². The summed E-state index contributed by atoms with van der Waals surface area (Å²) in [6.45, 7) is 5.67. The van der Waals surface area contributed by atoms with Gasteiger partial charge in [-0.15, -0.1) is 0 Å². The van der Waals surface area contributed by atoms with Crippen molar-refractivity contribution >= 4 is 5.78 Å². The molecule has 5 rings (SSSR count). The number of ketones is 1. The molecule has 5 aliphatic rings. The summed E-state index contributed by atoms with van der Waals surface area (Å²) in [7, 11) is 0. The van der Waals surface area contributed by atoms with Crippen LogP contribution in [0.4, 0.5) is 0 Å². The van der Waals surface area contributed by atoms with Gasteiger partial charge in [-0.1, -0.05) is 25.5 Å². The van der Waals surface area contributed by atoms with Gasteiger partial charge in [0, 0.05) is 18.4 Å². The summed E-state index contributed by atoms with van der Waals surface area (Å²) in [6.07, 6.45) is 15.4. The van der Waals surface area contributed by atoms with E-state index in [1.807, 2.05) is 0 Å². The first-order valence-electron chi connectivity index (χ1n) is 11.5. The molecule has 1 saturated heterocycles. The fourth-order valence-electron chi connectivity index (χ4n) is 7.55. The van der Waals surface area contributed by atoms with Crippen LogP contribution in [0, 0.1) is 28.6 Å². The number of hydrogen-bond acceptors (Lipinski definition) is 3. The fourth-order valence-corrected chi connectivity index (χ4v) is 7.55. The van der Waals surface area contributed by atoms with Gasteiger partial charge in [0.15, 0.2) is 6.29 Å². The predicted octanol–water partition coefficient (Wildman–Crippen LogP) is 5.43. The Morgan fingerprint density at radius 1 is 1.04 bits per heavy atom. The van der Waals surface area contributed by atoms with Crippen molar-refractivity contribution in [2.24, 2.45) is 28.6 Å². The lowest BCUT2D eigenvalue weighted by molar-refractivity contribution is -0.195. The second-order valence-corrected chi connectivity index (χ2v) is 10.5. The molecule has 0 amide bonds. The molecule has 1 heterocycles. The maximum absolute atomic E-state index is 12.6. The zero-order valence-corrected chi connectivity index (χ0v) is 17.2. The Labute approximate surface area is 164 Å². The Morgan fingerprint density at radius 2 is 1.85 bits per heavy atom. The van der Waals surface area contributed by atoms with E-state index in [9.17, 15) is 4.79 Å². The zero-order valence-electron chi connectivity index (χ0n) is 17.2. The minimum absolute atomic E-state index is 0.0124. The second-order valence-electron chi connectivity index (χ2n) is 10.5. The average Bonchev–Trinajstić information content (AvgIpc) is 2.98. The molecular weight excluding hydrogens is 336 g/mol. The Morgan fingerprint density at radius 3 is 2.67 bits per heavy atom. The van der Waals surface area contributed by atoms with Crippen LogP contribution >= 0.6 is 0 Å². The summed E-state index contributed by atoms with van der Waals surface area (Å²) < 4.78 is 12.2. The van der Waals surface area contributed by atoms with Gasteiger partial charge >= 0.3 is 0 Å². The van der Waals surface area contributed by atoms with E-state index >= 15 is 0 Å². The van der Waals surface area contributed by atoms with Gasteiger partial charge in [0.1, 0.15) is 5.78 Å². The predicted molar refractivity (Wildman–Crippen MR) is 105 cm³/mol. The van der Waals surface area contributed by atoms with Gasteiger partial charge in [-0.25, -0.2) is 0 Å². The number of rotatable bonds is 2. The van der Waals surface area contributed by atoms with E-state index < -0.39 is 0 Å². The molecular formula is C24H36O3. The summed E-state index contributed by atoms with van der Waals surface area (Å²) in [5, 5.41) is 0. The van der Waals surface area contributed by atoms with Crippen LogP contribution in [0.1, 0.15) is 84.5 Å². The Bertz CT molecular complexity index is 634. The molecule has 3 nitrogen and oxygen atoms in total. The van der Waals surface area contributed by atoms with Crippen molar-refractivity contribution in [2.75, 3.05) is 6.61 Å². The minimum atomic E-state index is -0.0124. The van der Waals surface area contributed by atoms with Crippen molar-refractivity contribution in [1.82, 2.24) is 0 Å². The molecule has 0 spiro atoms. The highest BCUT2D eigenvalue weighted by Crippen LogP contribution is 2.64. The monoisotopic (exact) mass is 372 g/mol. The topological polar surface area (TPSA) is 35.5 Å². The Kier molecular flexibility index (Phi) is 4.55. The van der Waals surface area contributed by atoms with E-state index in [2.05, 4.69) is 19.9 Å². The number of hydrogen-bond donors (Lipinski definition) is 0. The third kappa shape index (κ3) is 2.87. The number of carbonyl (C=O) groups excluding carboxylic acids is 1. The molecule has 0 radical (unpaired) electrons. The van der Waals surface area contributed by atoms with E-state index in [0.717, 1.165) is 57.0 Å². The lowest BCUT2D eigenvalue weighted by atomic mass is 9.48. The normalized spacial score (nSPS) is 49.8. The molecule has 3 heteroatoms. The van der Waals surface area contributed by atoms with Crippen molar-refractivity contribution in [3.63, 3.8) is 0 Å². The van der Waals surface area contributed by atoms with Crippen LogP contribution in [0.2, 0.25) is 0 Å². The molecule has 4 aliphatic carbocycles. The first-order valence-corrected chi connectivity index (χ1v) is 11.5. The number of allylic oxidation sites excluding steroid dienone is 1. The van der Waals surface area contributed by atoms with E-state index in [-0.39, 0.29) is 11.7 Å². The molecule has 7 atom stereocenters. The second kappa shape index (κ2) is 6.69. The van der Waals surface area contributed by atoms with Crippen molar-refractivity contribution < 1.29 is 14.3 Å². The number of Topliss-reactive ketones (excluding diaryl/α,β-unsaturated/α-hetero) is 1. The van der Waals surface area contributed by atoms with Gasteiger partial charge in [0.2, 0.25) is 0 Å². The summed E-state index contributed by atoms with van der Waals surface area (Å²) in [4.78, 5) is 12.6. The van der Waals surface area contributed by atoms with Crippen LogP contribution in [-0.2, 0) is 14.3 Å². The molecule has 0 unspecified atom stereocenters. The molecule has 3 saturated carbocycles. The maximum atomic E-state index is 12.6. The fraction of sp³-hybridized carbons (Fsp3) is 0.875. The molecule has 0 bridgehead atoms. The molecule has 0 aromatic carbocycles. The average molecular weight is 373 g/mol. The first-order chi connectivity index (χ1) is 13.0. The highest BCUT2D eigenvalue weighted by Gasteiger charge is 2.58. The van der Waals surface area contributed by atoms with Crippen LogP contribution < -0.4 is 0 Å². The molecule has 0 N–H and O–H groups in total. The highest BCUT2D eigenvalue weighted by atomic mass is 16.7. The highest BCUT2D eigenvalue weighted by molar-refractivity contribution is 5.87. The first kappa shape index (κ1) is 18.4. The molecule has 4 fully saturated rings. The third-order valence-electron chi connectivity index (χ3n) is 9.25. The smallest absolute Gasteiger partial charge is 0.157 e. The van der Waals surface area contributed by atoms with E-state index in [4.69, 9.17) is 9.47 Å². The Balaban J connectivity index is 1.32. The molecule has 0 aromatic heterocycles. The molecule has 1 aliphatic heterocycles. The molecule has 0 aromatic rings. The summed E-state index contributed by atoms with van der Waals surface area (Å²) in [6, 6.07) is 0. The van der Waals surface area contributed by atoms with E-state index in [1.54, 1.807) is 5.57 Å². The SMILES string of the molecule is C[C@]12CC[C@@H](O[C@@H]3CCCCO3)CC1=CC[C@H]1[C@H]2CC[C@]2(C)C(=O)CC[C@@H]12. The number of carbonyl (C=O) groups is 1. The van der Waals surface area contributed by atoms with Gasteiger partial charge in [-0.3, -0.25) is 4.79 Å². The van der Waals surface area contributed by atoms with Gasteiger partial charge in [0.05, 0.1) is 6.10 Å². The largest absolute Gasteiger partial charge is 0.353 e. The van der Waals surface area contributed by atoms with E-state index in [0.29, 0.717) is 23.2 Å².